The van der Waals surface area contributed by atoms with E-state index in [1.807, 2.05) is 6.07 Å². The van der Waals surface area contributed by atoms with Crippen molar-refractivity contribution < 1.29 is 14.3 Å². The highest BCUT2D eigenvalue weighted by molar-refractivity contribution is 5.69. The van der Waals surface area contributed by atoms with Crippen LogP contribution >= 0.6 is 0 Å². The van der Waals surface area contributed by atoms with Gasteiger partial charge >= 0.3 is 5.97 Å². The molecule has 0 aliphatic heterocycles. The second-order valence-corrected chi connectivity index (χ2v) is 5.18. The van der Waals surface area contributed by atoms with Crippen LogP contribution in [0.25, 0.3) is 0 Å². The van der Waals surface area contributed by atoms with Crippen LogP contribution in [0.2, 0.25) is 0 Å². The van der Waals surface area contributed by atoms with Crippen LogP contribution < -0.4 is 15.8 Å². The van der Waals surface area contributed by atoms with Gasteiger partial charge in [-0.2, -0.15) is 4.98 Å². The topological polar surface area (TPSA) is 86.5 Å². The number of rotatable bonds is 9. The summed E-state index contributed by atoms with van der Waals surface area (Å²) in [5.74, 6) is 1.68. The largest absolute Gasteiger partial charge is 0.476 e. The lowest BCUT2D eigenvalue weighted by atomic mass is 10.3. The van der Waals surface area contributed by atoms with E-state index in [0.717, 1.165) is 0 Å². The van der Waals surface area contributed by atoms with Crippen LogP contribution in [-0.2, 0) is 9.53 Å². The van der Waals surface area contributed by atoms with Gasteiger partial charge in [0.05, 0.1) is 18.9 Å². The standard InChI is InChI=1S/C15H23N3O3/c1-2-20-14(19)4-3-9-17-13-8-7-12(16)15(18-13)21-10-11-5-6-11/h7-8,11H,2-6,9-10,16H2,1H3,(H,17,18). The maximum atomic E-state index is 11.2. The highest BCUT2D eigenvalue weighted by atomic mass is 16.5. The second-order valence-electron chi connectivity index (χ2n) is 5.18. The summed E-state index contributed by atoms with van der Waals surface area (Å²) in [7, 11) is 0. The Morgan fingerprint density at radius 2 is 2.29 bits per heavy atom. The zero-order chi connectivity index (χ0) is 15.1. The van der Waals surface area contributed by atoms with Crippen molar-refractivity contribution in [1.29, 1.82) is 0 Å². The number of anilines is 2. The highest BCUT2D eigenvalue weighted by Gasteiger charge is 2.22. The van der Waals surface area contributed by atoms with Crippen molar-refractivity contribution in [3.8, 4) is 5.88 Å². The van der Waals surface area contributed by atoms with Crippen LogP contribution in [0.1, 0.15) is 32.6 Å². The molecule has 0 saturated heterocycles. The number of carbonyl (C=O) groups excluding carboxylic acids is 1. The fraction of sp³-hybridized carbons (Fsp3) is 0.600. The molecule has 1 aromatic heterocycles. The summed E-state index contributed by atoms with van der Waals surface area (Å²) in [4.78, 5) is 15.6. The molecular weight excluding hydrogens is 270 g/mol. The maximum absolute atomic E-state index is 11.2. The van der Waals surface area contributed by atoms with Gasteiger partial charge in [-0.25, -0.2) is 0 Å². The minimum absolute atomic E-state index is 0.168. The summed E-state index contributed by atoms with van der Waals surface area (Å²) >= 11 is 0. The van der Waals surface area contributed by atoms with Crippen molar-refractivity contribution >= 4 is 17.5 Å². The lowest BCUT2D eigenvalue weighted by Crippen LogP contribution is -2.10. The lowest BCUT2D eigenvalue weighted by Gasteiger charge is -2.10. The van der Waals surface area contributed by atoms with E-state index in [-0.39, 0.29) is 5.97 Å². The molecule has 21 heavy (non-hydrogen) atoms. The molecule has 3 N–H and O–H groups in total. The van der Waals surface area contributed by atoms with Gasteiger partial charge in [0.2, 0.25) is 5.88 Å². The number of nitrogens with zero attached hydrogens (tertiary/aromatic N) is 1. The summed E-state index contributed by atoms with van der Waals surface area (Å²) in [6.07, 6.45) is 3.56. The average molecular weight is 293 g/mol. The molecule has 2 rings (SSSR count). The van der Waals surface area contributed by atoms with Gasteiger partial charge in [0, 0.05) is 13.0 Å². The third-order valence-electron chi connectivity index (χ3n) is 3.21. The fourth-order valence-electron chi connectivity index (χ4n) is 1.83. The van der Waals surface area contributed by atoms with Gasteiger partial charge in [-0.3, -0.25) is 4.79 Å². The van der Waals surface area contributed by atoms with E-state index in [4.69, 9.17) is 15.2 Å². The molecule has 0 radical (unpaired) electrons. The first-order valence-corrected chi connectivity index (χ1v) is 7.48. The molecule has 1 aliphatic rings. The summed E-state index contributed by atoms with van der Waals surface area (Å²) in [5, 5.41) is 3.16. The van der Waals surface area contributed by atoms with Crippen molar-refractivity contribution in [1.82, 2.24) is 4.98 Å². The summed E-state index contributed by atoms with van der Waals surface area (Å²) < 4.78 is 10.5. The Hall–Kier alpha value is -1.98. The number of carbonyl (C=O) groups is 1. The average Bonchev–Trinajstić information content (AvgIpc) is 3.28. The van der Waals surface area contributed by atoms with Crippen LogP contribution in [0, 0.1) is 5.92 Å². The highest BCUT2D eigenvalue weighted by Crippen LogP contribution is 2.30. The minimum Gasteiger partial charge on any atom is -0.476 e. The zero-order valence-electron chi connectivity index (χ0n) is 12.4. The first-order valence-electron chi connectivity index (χ1n) is 7.48. The van der Waals surface area contributed by atoms with Crippen molar-refractivity contribution in [2.45, 2.75) is 32.6 Å². The zero-order valence-corrected chi connectivity index (χ0v) is 12.4. The number of nitrogens with one attached hydrogen (secondary N) is 1. The Balaban J connectivity index is 1.74. The third-order valence-corrected chi connectivity index (χ3v) is 3.21. The molecule has 1 fully saturated rings. The SMILES string of the molecule is CCOC(=O)CCCNc1ccc(N)c(OCC2CC2)n1. The Morgan fingerprint density at radius 1 is 1.48 bits per heavy atom. The van der Waals surface area contributed by atoms with Crippen LogP contribution in [0.15, 0.2) is 12.1 Å². The monoisotopic (exact) mass is 293 g/mol. The van der Waals surface area contributed by atoms with Crippen molar-refractivity contribution in [3.63, 3.8) is 0 Å². The second kappa shape index (κ2) is 7.71. The molecule has 0 spiro atoms. The lowest BCUT2D eigenvalue weighted by molar-refractivity contribution is -0.143. The van der Waals surface area contributed by atoms with Gasteiger partial charge in [-0.15, -0.1) is 0 Å². The summed E-state index contributed by atoms with van der Waals surface area (Å²) in [5.41, 5.74) is 6.40. The Labute approximate surface area is 125 Å². The number of nitrogen functional groups attached to an aromatic ring is 1. The molecular formula is C15H23N3O3. The molecule has 1 aromatic rings. The molecule has 6 nitrogen and oxygen atoms in total. The fourth-order valence-corrected chi connectivity index (χ4v) is 1.83. The number of nitrogens with two attached hydrogens (primary N) is 1. The first-order chi connectivity index (χ1) is 10.2. The Kier molecular flexibility index (Phi) is 5.66. The van der Waals surface area contributed by atoms with Gasteiger partial charge in [-0.1, -0.05) is 0 Å². The number of pyridine rings is 1. The van der Waals surface area contributed by atoms with Gasteiger partial charge in [0.15, 0.2) is 0 Å². The van der Waals surface area contributed by atoms with Gasteiger partial charge in [-0.05, 0) is 44.2 Å². The molecule has 1 aliphatic carbocycles. The predicted octanol–water partition coefficient (Wildman–Crippen LogP) is 2.21. The van der Waals surface area contributed by atoms with Crippen LogP contribution in [0.4, 0.5) is 11.5 Å². The number of aromatic nitrogens is 1. The Bertz CT molecular complexity index is 475. The molecule has 1 saturated carbocycles. The molecule has 1 heterocycles. The van der Waals surface area contributed by atoms with E-state index in [0.29, 0.717) is 55.9 Å². The van der Waals surface area contributed by atoms with E-state index in [9.17, 15) is 4.79 Å². The van der Waals surface area contributed by atoms with E-state index >= 15 is 0 Å². The molecule has 6 heteroatoms. The normalized spacial score (nSPS) is 13.8. The number of hydrogen-bond donors (Lipinski definition) is 2. The molecule has 0 bridgehead atoms. The van der Waals surface area contributed by atoms with Crippen LogP contribution in [0.3, 0.4) is 0 Å². The van der Waals surface area contributed by atoms with Crippen LogP contribution in [0.5, 0.6) is 5.88 Å². The first kappa shape index (κ1) is 15.4. The number of hydrogen-bond acceptors (Lipinski definition) is 6. The van der Waals surface area contributed by atoms with E-state index < -0.39 is 0 Å². The van der Waals surface area contributed by atoms with E-state index in [1.54, 1.807) is 13.0 Å². The summed E-state index contributed by atoms with van der Waals surface area (Å²) in [6, 6.07) is 3.59. The maximum Gasteiger partial charge on any atom is 0.305 e. The van der Waals surface area contributed by atoms with Gasteiger partial charge < -0.3 is 20.5 Å². The van der Waals surface area contributed by atoms with E-state index in [1.165, 1.54) is 12.8 Å². The molecule has 116 valence electrons. The van der Waals surface area contributed by atoms with Crippen molar-refractivity contribution in [2.24, 2.45) is 5.92 Å². The van der Waals surface area contributed by atoms with Crippen molar-refractivity contribution in [3.05, 3.63) is 12.1 Å². The molecule has 0 unspecified atom stereocenters. The van der Waals surface area contributed by atoms with Crippen LogP contribution in [-0.4, -0.2) is 30.7 Å². The van der Waals surface area contributed by atoms with Gasteiger partial charge in [0.25, 0.3) is 0 Å². The molecule has 0 amide bonds. The smallest absolute Gasteiger partial charge is 0.305 e. The van der Waals surface area contributed by atoms with Gasteiger partial charge in [0.1, 0.15) is 5.82 Å². The molecule has 0 atom stereocenters. The number of esters is 1. The Morgan fingerprint density at radius 3 is 3.00 bits per heavy atom. The molecule has 0 aromatic carbocycles. The third kappa shape index (κ3) is 5.49. The van der Waals surface area contributed by atoms with E-state index in [2.05, 4.69) is 10.3 Å². The minimum atomic E-state index is -0.168. The number of ether oxygens (including phenoxy) is 2. The summed E-state index contributed by atoms with van der Waals surface area (Å²) in [6.45, 7) is 3.56. The van der Waals surface area contributed by atoms with Crippen molar-refractivity contribution in [2.75, 3.05) is 30.8 Å². The quantitative estimate of drug-likeness (QED) is 0.536. The predicted molar refractivity (Wildman–Crippen MR) is 81.2 cm³/mol.